The molecule has 0 atom stereocenters. The molecule has 1 fully saturated rings. The van der Waals surface area contributed by atoms with Gasteiger partial charge < -0.3 is 24.6 Å². The van der Waals surface area contributed by atoms with Crippen LogP contribution < -0.4 is 19.7 Å². The number of amides is 1. The van der Waals surface area contributed by atoms with Crippen LogP contribution in [-0.2, 0) is 0 Å². The van der Waals surface area contributed by atoms with Crippen molar-refractivity contribution < 1.29 is 14.3 Å². The van der Waals surface area contributed by atoms with E-state index in [9.17, 15) is 4.79 Å². The van der Waals surface area contributed by atoms with Crippen LogP contribution in [0.5, 0.6) is 11.5 Å². The number of methoxy groups -OCH3 is 2. The monoisotopic (exact) mass is 371 g/mol. The van der Waals surface area contributed by atoms with Gasteiger partial charge in [0.2, 0.25) is 5.95 Å². The highest BCUT2D eigenvalue weighted by molar-refractivity contribution is 6.04. The Kier molecular flexibility index (Phi) is 5.75. The molecule has 1 aromatic heterocycles. The van der Waals surface area contributed by atoms with Crippen LogP contribution in [0.4, 0.5) is 11.6 Å². The maximum absolute atomic E-state index is 12.8. The van der Waals surface area contributed by atoms with Crippen molar-refractivity contribution >= 4 is 17.5 Å². The summed E-state index contributed by atoms with van der Waals surface area (Å²) < 4.78 is 10.5. The number of carbonyl (C=O) groups is 1. The summed E-state index contributed by atoms with van der Waals surface area (Å²) >= 11 is 0. The summed E-state index contributed by atoms with van der Waals surface area (Å²) in [5, 5.41) is 2.86. The average Bonchev–Trinajstić information content (AvgIpc) is 2.68. The molecule has 0 spiro atoms. The van der Waals surface area contributed by atoms with E-state index in [0.717, 1.165) is 31.9 Å². The van der Waals surface area contributed by atoms with Gasteiger partial charge in [0, 0.05) is 37.9 Å². The maximum atomic E-state index is 12.8. The van der Waals surface area contributed by atoms with Gasteiger partial charge in [-0.05, 0) is 32.2 Å². The number of ether oxygens (including phenoxy) is 2. The van der Waals surface area contributed by atoms with Crippen molar-refractivity contribution in [2.75, 3.05) is 57.7 Å². The number of benzene rings is 1. The third-order valence-corrected chi connectivity index (χ3v) is 4.52. The number of nitrogens with zero attached hydrogens (tertiary/aromatic N) is 4. The Morgan fingerprint density at radius 2 is 1.81 bits per heavy atom. The van der Waals surface area contributed by atoms with E-state index >= 15 is 0 Å². The van der Waals surface area contributed by atoms with Gasteiger partial charge in [0.05, 0.1) is 19.9 Å². The van der Waals surface area contributed by atoms with Crippen molar-refractivity contribution in [3.63, 3.8) is 0 Å². The normalized spacial score (nSPS) is 14.7. The van der Waals surface area contributed by atoms with Crippen LogP contribution in [-0.4, -0.2) is 68.2 Å². The average molecular weight is 371 g/mol. The van der Waals surface area contributed by atoms with Crippen molar-refractivity contribution in [1.82, 2.24) is 14.9 Å². The number of piperazine rings is 1. The molecule has 0 bridgehead atoms. The zero-order valence-electron chi connectivity index (χ0n) is 16.2. The van der Waals surface area contributed by atoms with Gasteiger partial charge in [-0.2, -0.15) is 0 Å². The largest absolute Gasteiger partial charge is 0.497 e. The lowest BCUT2D eigenvalue weighted by Gasteiger charge is -2.32. The van der Waals surface area contributed by atoms with E-state index in [1.165, 1.54) is 0 Å². The predicted molar refractivity (Wildman–Crippen MR) is 104 cm³/mol. The Labute approximate surface area is 159 Å². The zero-order chi connectivity index (χ0) is 19.4. The lowest BCUT2D eigenvalue weighted by molar-refractivity contribution is 0.102. The lowest BCUT2D eigenvalue weighted by Crippen LogP contribution is -2.45. The SMILES string of the molecule is COc1ccc(NC(=O)c2cc(C)nc(N3CCN(C)CC3)n2)c(OC)c1. The minimum atomic E-state index is -0.306. The van der Waals surface area contributed by atoms with E-state index < -0.39 is 0 Å². The van der Waals surface area contributed by atoms with Gasteiger partial charge in [-0.15, -0.1) is 0 Å². The number of nitrogens with one attached hydrogen (secondary N) is 1. The number of hydrogen-bond donors (Lipinski definition) is 1. The highest BCUT2D eigenvalue weighted by atomic mass is 16.5. The van der Waals surface area contributed by atoms with Crippen LogP contribution in [0.1, 0.15) is 16.2 Å². The van der Waals surface area contributed by atoms with Crippen LogP contribution >= 0.6 is 0 Å². The van der Waals surface area contributed by atoms with Gasteiger partial charge in [0.15, 0.2) is 0 Å². The molecule has 8 heteroatoms. The van der Waals surface area contributed by atoms with E-state index in [4.69, 9.17) is 9.47 Å². The predicted octanol–water partition coefficient (Wildman–Crippen LogP) is 1.81. The summed E-state index contributed by atoms with van der Waals surface area (Å²) in [4.78, 5) is 26.1. The van der Waals surface area contributed by atoms with Crippen molar-refractivity contribution in [3.8, 4) is 11.5 Å². The molecule has 0 saturated carbocycles. The first-order valence-corrected chi connectivity index (χ1v) is 8.82. The Hall–Kier alpha value is -2.87. The van der Waals surface area contributed by atoms with Crippen molar-refractivity contribution in [2.45, 2.75) is 6.92 Å². The molecule has 2 heterocycles. The lowest BCUT2D eigenvalue weighted by atomic mass is 10.2. The first-order valence-electron chi connectivity index (χ1n) is 8.82. The van der Waals surface area contributed by atoms with Gasteiger partial charge in [-0.1, -0.05) is 0 Å². The van der Waals surface area contributed by atoms with E-state index in [-0.39, 0.29) is 5.91 Å². The highest BCUT2D eigenvalue weighted by Gasteiger charge is 2.19. The molecule has 8 nitrogen and oxygen atoms in total. The van der Waals surface area contributed by atoms with Crippen LogP contribution in [0.2, 0.25) is 0 Å². The summed E-state index contributed by atoms with van der Waals surface area (Å²) in [6.07, 6.45) is 0. The second kappa shape index (κ2) is 8.22. The van der Waals surface area contributed by atoms with Gasteiger partial charge in [-0.25, -0.2) is 9.97 Å². The minimum absolute atomic E-state index is 0.306. The molecule has 1 aliphatic rings. The molecule has 144 valence electrons. The zero-order valence-corrected chi connectivity index (χ0v) is 16.2. The fraction of sp³-hybridized carbons (Fsp3) is 0.421. The molecule has 1 N–H and O–H groups in total. The topological polar surface area (TPSA) is 79.8 Å². The molecule has 1 aromatic carbocycles. The van der Waals surface area contributed by atoms with Crippen LogP contribution in [0, 0.1) is 6.92 Å². The number of rotatable bonds is 5. The quantitative estimate of drug-likeness (QED) is 0.858. The molecule has 0 aliphatic carbocycles. The van der Waals surface area contributed by atoms with Gasteiger partial charge in [0.1, 0.15) is 17.2 Å². The van der Waals surface area contributed by atoms with Gasteiger partial charge >= 0.3 is 0 Å². The Bertz CT molecular complexity index is 819. The molecular formula is C19H25N5O3. The molecule has 2 aromatic rings. The fourth-order valence-corrected chi connectivity index (χ4v) is 2.91. The van der Waals surface area contributed by atoms with Crippen molar-refractivity contribution in [3.05, 3.63) is 35.7 Å². The van der Waals surface area contributed by atoms with E-state index in [1.54, 1.807) is 38.5 Å². The van der Waals surface area contributed by atoms with E-state index in [1.807, 2.05) is 6.92 Å². The second-order valence-corrected chi connectivity index (χ2v) is 6.51. The number of hydrogen-bond acceptors (Lipinski definition) is 7. The first-order chi connectivity index (χ1) is 13.0. The molecule has 0 radical (unpaired) electrons. The summed E-state index contributed by atoms with van der Waals surface area (Å²) in [7, 11) is 5.22. The van der Waals surface area contributed by atoms with Crippen molar-refractivity contribution in [2.24, 2.45) is 0 Å². The maximum Gasteiger partial charge on any atom is 0.274 e. The second-order valence-electron chi connectivity index (χ2n) is 6.51. The molecular weight excluding hydrogens is 346 g/mol. The third-order valence-electron chi connectivity index (χ3n) is 4.52. The van der Waals surface area contributed by atoms with Crippen LogP contribution in [0.15, 0.2) is 24.3 Å². The number of aromatic nitrogens is 2. The minimum Gasteiger partial charge on any atom is -0.497 e. The van der Waals surface area contributed by atoms with Crippen LogP contribution in [0.3, 0.4) is 0 Å². The molecule has 1 saturated heterocycles. The molecule has 3 rings (SSSR count). The summed E-state index contributed by atoms with van der Waals surface area (Å²) in [6, 6.07) is 6.91. The summed E-state index contributed by atoms with van der Waals surface area (Å²) in [6.45, 7) is 5.44. The highest BCUT2D eigenvalue weighted by Crippen LogP contribution is 2.29. The third kappa shape index (κ3) is 4.46. The van der Waals surface area contributed by atoms with Gasteiger partial charge in [-0.3, -0.25) is 4.79 Å². The molecule has 0 unspecified atom stereocenters. The van der Waals surface area contributed by atoms with Gasteiger partial charge in [0.25, 0.3) is 5.91 Å². The van der Waals surface area contributed by atoms with E-state index in [0.29, 0.717) is 28.8 Å². The van der Waals surface area contributed by atoms with Crippen LogP contribution in [0.25, 0.3) is 0 Å². The summed E-state index contributed by atoms with van der Waals surface area (Å²) in [5.41, 5.74) is 1.64. The van der Waals surface area contributed by atoms with Crippen molar-refractivity contribution in [1.29, 1.82) is 0 Å². The molecule has 1 aliphatic heterocycles. The Balaban J connectivity index is 1.81. The standard InChI is InChI=1S/C19H25N5O3/c1-13-11-16(22-19(20-13)24-9-7-23(2)8-10-24)18(25)21-15-6-5-14(26-3)12-17(15)27-4/h5-6,11-12H,7-10H2,1-4H3,(H,21,25). The Morgan fingerprint density at radius 1 is 1.07 bits per heavy atom. The smallest absolute Gasteiger partial charge is 0.274 e. The molecule has 1 amide bonds. The fourth-order valence-electron chi connectivity index (χ4n) is 2.91. The summed E-state index contributed by atoms with van der Waals surface area (Å²) in [5.74, 6) is 1.46. The number of carbonyl (C=O) groups excluding carboxylic acids is 1. The number of likely N-dealkylation sites (N-methyl/N-ethyl adjacent to an activating group) is 1. The number of anilines is 2. The molecule has 27 heavy (non-hydrogen) atoms. The van der Waals surface area contributed by atoms with E-state index in [2.05, 4.69) is 32.1 Å². The number of aryl methyl sites for hydroxylation is 1. The first kappa shape index (κ1) is 18.9. The Morgan fingerprint density at radius 3 is 2.48 bits per heavy atom.